The molecule has 13 aromatic carbocycles. The minimum atomic E-state index is -0.470. The van der Waals surface area contributed by atoms with Crippen molar-refractivity contribution in [3.63, 3.8) is 0 Å². The van der Waals surface area contributed by atoms with Crippen molar-refractivity contribution in [2.24, 2.45) is 0 Å². The molecular formula is C77H51NO. The second-order valence-corrected chi connectivity index (χ2v) is 20.8. The zero-order valence-electron chi connectivity index (χ0n) is 43.3. The van der Waals surface area contributed by atoms with Crippen molar-refractivity contribution in [2.45, 2.75) is 5.41 Å². The van der Waals surface area contributed by atoms with Crippen LogP contribution in [0.2, 0.25) is 0 Å². The molecule has 15 rings (SSSR count). The Morgan fingerprint density at radius 2 is 0.696 bits per heavy atom. The van der Waals surface area contributed by atoms with E-state index >= 15 is 0 Å². The van der Waals surface area contributed by atoms with Crippen molar-refractivity contribution in [1.29, 1.82) is 0 Å². The molecule has 1 aliphatic carbocycles. The second kappa shape index (κ2) is 19.1. The number of benzene rings is 13. The Labute approximate surface area is 460 Å². The van der Waals surface area contributed by atoms with Gasteiger partial charge in [-0.3, -0.25) is 0 Å². The minimum absolute atomic E-state index is 0.470. The Kier molecular flexibility index (Phi) is 11.1. The van der Waals surface area contributed by atoms with E-state index in [4.69, 9.17) is 4.42 Å². The van der Waals surface area contributed by atoms with Gasteiger partial charge >= 0.3 is 0 Å². The molecule has 79 heavy (non-hydrogen) atoms. The lowest BCUT2D eigenvalue weighted by Gasteiger charge is -2.34. The van der Waals surface area contributed by atoms with Crippen molar-refractivity contribution < 1.29 is 4.42 Å². The minimum Gasteiger partial charge on any atom is -0.456 e. The van der Waals surface area contributed by atoms with Crippen LogP contribution >= 0.6 is 0 Å². The van der Waals surface area contributed by atoms with Crippen LogP contribution in [0.1, 0.15) is 22.3 Å². The quantitative estimate of drug-likeness (QED) is 0.136. The number of hydrogen-bond acceptors (Lipinski definition) is 2. The summed E-state index contributed by atoms with van der Waals surface area (Å²) in [4.78, 5) is 2.37. The molecule has 0 radical (unpaired) electrons. The van der Waals surface area contributed by atoms with E-state index < -0.39 is 5.41 Å². The molecule has 14 aromatic rings. The molecule has 2 nitrogen and oxygen atoms in total. The van der Waals surface area contributed by atoms with E-state index in [2.05, 4.69) is 302 Å². The predicted octanol–water partition coefficient (Wildman–Crippen LogP) is 20.9. The third-order valence-corrected chi connectivity index (χ3v) is 16.4. The van der Waals surface area contributed by atoms with E-state index in [9.17, 15) is 0 Å². The predicted molar refractivity (Wildman–Crippen MR) is 330 cm³/mol. The Morgan fingerprint density at radius 1 is 0.253 bits per heavy atom. The van der Waals surface area contributed by atoms with Crippen LogP contribution in [-0.2, 0) is 5.41 Å². The van der Waals surface area contributed by atoms with Gasteiger partial charge in [-0.2, -0.15) is 0 Å². The van der Waals surface area contributed by atoms with E-state index in [0.717, 1.165) is 61.3 Å². The van der Waals surface area contributed by atoms with Gasteiger partial charge in [0.05, 0.1) is 5.41 Å². The van der Waals surface area contributed by atoms with Gasteiger partial charge in [0.1, 0.15) is 11.2 Å². The molecular weight excluding hydrogens is 955 g/mol. The summed E-state index contributed by atoms with van der Waals surface area (Å²) >= 11 is 0. The van der Waals surface area contributed by atoms with Crippen molar-refractivity contribution in [2.75, 3.05) is 4.90 Å². The first-order valence-electron chi connectivity index (χ1n) is 27.2. The van der Waals surface area contributed by atoms with Gasteiger partial charge in [0.15, 0.2) is 0 Å². The molecule has 0 saturated carbocycles. The van der Waals surface area contributed by atoms with Gasteiger partial charge in [0.2, 0.25) is 0 Å². The smallest absolute Gasteiger partial charge is 0.136 e. The maximum absolute atomic E-state index is 6.31. The second-order valence-electron chi connectivity index (χ2n) is 20.8. The fraction of sp³-hybridized carbons (Fsp3) is 0.0130. The summed E-state index contributed by atoms with van der Waals surface area (Å²) in [6.07, 6.45) is 0. The Hall–Kier alpha value is -10.3. The SMILES string of the molecule is c1ccc(C2(c3ccccc3)c3ccccc3-c3ccc(-c4ccc(N(c5ccc(-c6ccc(-c7cccc(-c8ccc9ccccc9c8)c7)cc6)cc5)c5ccc(-c6cccc7oc8ccccc8c67)cc5)cc4)cc32)cc1. The van der Waals surface area contributed by atoms with Crippen molar-refractivity contribution in [1.82, 2.24) is 0 Å². The van der Waals surface area contributed by atoms with E-state index in [1.165, 1.54) is 77.5 Å². The van der Waals surface area contributed by atoms with E-state index in [0.29, 0.717) is 0 Å². The third-order valence-electron chi connectivity index (χ3n) is 16.4. The first-order valence-corrected chi connectivity index (χ1v) is 27.2. The zero-order valence-corrected chi connectivity index (χ0v) is 43.3. The van der Waals surface area contributed by atoms with Crippen LogP contribution in [0.5, 0.6) is 0 Å². The van der Waals surface area contributed by atoms with Gasteiger partial charge in [-0.25, -0.2) is 0 Å². The Balaban J connectivity index is 0.784. The first kappa shape index (κ1) is 46.1. The number of anilines is 3. The molecule has 1 heterocycles. The highest BCUT2D eigenvalue weighted by molar-refractivity contribution is 6.12. The van der Waals surface area contributed by atoms with Crippen LogP contribution in [0.15, 0.2) is 314 Å². The lowest BCUT2D eigenvalue weighted by molar-refractivity contribution is 0.669. The standard InChI is InChI=1S/C77H51NO/c1-3-19-63(20-4-1)77(64-21-5-2-6-22-64)72-26-11-9-23-69(72)70-48-41-62(51-73(70)77)56-37-44-66(45-38-56)78(67-46-39-57(40-47-67)68-25-14-28-75-76(68)71-24-10-12-27-74(71)79-75)65-42-35-54(36-43-65)53-29-31-55(32-30-53)59-17-13-18-60(49-59)61-34-33-52-15-7-8-16-58(52)50-61/h1-51H. The van der Waals surface area contributed by atoms with E-state index in [-0.39, 0.29) is 0 Å². The number of rotatable bonds is 10. The van der Waals surface area contributed by atoms with Gasteiger partial charge in [-0.05, 0) is 167 Å². The van der Waals surface area contributed by atoms with E-state index in [1.807, 2.05) is 12.1 Å². The van der Waals surface area contributed by atoms with E-state index in [1.54, 1.807) is 0 Å². The van der Waals surface area contributed by atoms with Crippen molar-refractivity contribution in [3.05, 3.63) is 332 Å². The molecule has 0 amide bonds. The number of fused-ring (bicyclic) bond motifs is 7. The number of furan rings is 1. The molecule has 0 unspecified atom stereocenters. The molecule has 0 N–H and O–H groups in total. The monoisotopic (exact) mass is 1010 g/mol. The van der Waals surface area contributed by atoms with Gasteiger partial charge in [-0.15, -0.1) is 0 Å². The maximum atomic E-state index is 6.31. The molecule has 0 aliphatic heterocycles. The lowest BCUT2D eigenvalue weighted by atomic mass is 9.67. The van der Waals surface area contributed by atoms with Crippen LogP contribution in [0.25, 0.3) is 99.5 Å². The topological polar surface area (TPSA) is 16.4 Å². The van der Waals surface area contributed by atoms with Crippen LogP contribution in [0.4, 0.5) is 17.1 Å². The normalized spacial score (nSPS) is 12.4. The van der Waals surface area contributed by atoms with Crippen LogP contribution in [0, 0.1) is 0 Å². The summed E-state index contributed by atoms with van der Waals surface area (Å²) < 4.78 is 6.31. The van der Waals surface area contributed by atoms with Crippen LogP contribution in [-0.4, -0.2) is 0 Å². The molecule has 1 aliphatic rings. The molecule has 0 bridgehead atoms. The average molecular weight is 1010 g/mol. The van der Waals surface area contributed by atoms with Gasteiger partial charge in [0, 0.05) is 27.8 Å². The van der Waals surface area contributed by atoms with Gasteiger partial charge < -0.3 is 9.32 Å². The summed E-state index contributed by atoms with van der Waals surface area (Å²) in [7, 11) is 0. The number of hydrogen-bond donors (Lipinski definition) is 0. The fourth-order valence-corrected chi connectivity index (χ4v) is 12.6. The molecule has 0 atom stereocenters. The Morgan fingerprint density at radius 3 is 1.37 bits per heavy atom. The van der Waals surface area contributed by atoms with Crippen LogP contribution < -0.4 is 4.90 Å². The summed E-state index contributed by atoms with van der Waals surface area (Å²) in [5, 5.41) is 4.76. The highest BCUT2D eigenvalue weighted by atomic mass is 16.3. The summed E-state index contributed by atoms with van der Waals surface area (Å²) in [6.45, 7) is 0. The Bertz CT molecular complexity index is 4520. The highest BCUT2D eigenvalue weighted by Crippen LogP contribution is 2.57. The molecule has 2 heteroatoms. The molecule has 370 valence electrons. The van der Waals surface area contributed by atoms with Crippen molar-refractivity contribution >= 4 is 49.8 Å². The number of para-hydroxylation sites is 1. The number of nitrogens with zero attached hydrogens (tertiary/aromatic N) is 1. The highest BCUT2D eigenvalue weighted by Gasteiger charge is 2.46. The fourth-order valence-electron chi connectivity index (χ4n) is 12.6. The van der Waals surface area contributed by atoms with Crippen molar-refractivity contribution in [3.8, 4) is 66.8 Å². The molecule has 1 aromatic heterocycles. The largest absolute Gasteiger partial charge is 0.456 e. The third kappa shape index (κ3) is 7.88. The average Bonchev–Trinajstić information content (AvgIpc) is 4.19. The summed E-state index contributed by atoms with van der Waals surface area (Å²) in [5.74, 6) is 0. The lowest BCUT2D eigenvalue weighted by Crippen LogP contribution is -2.28. The van der Waals surface area contributed by atoms with Crippen LogP contribution in [0.3, 0.4) is 0 Å². The van der Waals surface area contributed by atoms with Gasteiger partial charge in [-0.1, -0.05) is 243 Å². The first-order chi connectivity index (χ1) is 39.1. The summed E-state index contributed by atoms with van der Waals surface area (Å²) in [5.41, 5.74) is 24.0. The maximum Gasteiger partial charge on any atom is 0.136 e. The van der Waals surface area contributed by atoms with Gasteiger partial charge in [0.25, 0.3) is 0 Å². The molecule has 0 fully saturated rings. The molecule has 0 spiro atoms. The summed E-state index contributed by atoms with van der Waals surface area (Å²) in [6, 6.07) is 113. The molecule has 0 saturated heterocycles. The zero-order chi connectivity index (χ0) is 52.3.